The Morgan fingerprint density at radius 3 is 2.30 bits per heavy atom. The van der Waals surface area contributed by atoms with Gasteiger partial charge in [-0.3, -0.25) is 4.79 Å². The molecule has 0 aromatic heterocycles. The predicted octanol–water partition coefficient (Wildman–Crippen LogP) is -0.319. The van der Waals surface area contributed by atoms with Crippen molar-refractivity contribution in [1.29, 1.82) is 0 Å². The van der Waals surface area contributed by atoms with E-state index in [0.717, 1.165) is 0 Å². The Labute approximate surface area is 117 Å². The van der Waals surface area contributed by atoms with Crippen molar-refractivity contribution < 1.29 is 28.2 Å². The molecule has 1 aromatic rings. The van der Waals surface area contributed by atoms with E-state index in [-0.39, 0.29) is 23.5 Å². The highest BCUT2D eigenvalue weighted by atomic mass is 32.2. The third-order valence-corrected chi connectivity index (χ3v) is 3.52. The molecule has 2 unspecified atom stereocenters. The lowest BCUT2D eigenvalue weighted by Crippen LogP contribution is -2.23. The number of ether oxygens (including phenoxy) is 1. The van der Waals surface area contributed by atoms with E-state index in [1.165, 1.54) is 24.3 Å². The van der Waals surface area contributed by atoms with Gasteiger partial charge in [0.1, 0.15) is 6.10 Å². The summed E-state index contributed by atoms with van der Waals surface area (Å²) in [5.41, 5.74) is 0.272. The molecule has 0 heterocycles. The van der Waals surface area contributed by atoms with Gasteiger partial charge in [0, 0.05) is 0 Å². The van der Waals surface area contributed by atoms with Crippen LogP contribution in [0.1, 0.15) is 25.0 Å². The molecule has 0 aliphatic heterocycles. The summed E-state index contributed by atoms with van der Waals surface area (Å²) < 4.78 is 26.8. The van der Waals surface area contributed by atoms with Crippen LogP contribution >= 0.6 is 0 Å². The van der Waals surface area contributed by atoms with E-state index in [1.807, 2.05) is 0 Å². The normalized spacial score (nSPS) is 14.6. The van der Waals surface area contributed by atoms with Crippen LogP contribution in [0.3, 0.4) is 0 Å². The van der Waals surface area contributed by atoms with Gasteiger partial charge in [-0.15, -0.1) is 0 Å². The number of sulfonamides is 1. The summed E-state index contributed by atoms with van der Waals surface area (Å²) in [6.07, 6.45) is -3.02. The molecule has 20 heavy (non-hydrogen) atoms. The maximum absolute atomic E-state index is 11.2. The summed E-state index contributed by atoms with van der Waals surface area (Å²) in [6, 6.07) is 5.06. The second-order valence-electron chi connectivity index (χ2n) is 4.14. The molecular formula is C12H17NO6S. The van der Waals surface area contributed by atoms with Crippen LogP contribution in [0.2, 0.25) is 0 Å². The molecule has 0 saturated heterocycles. The molecule has 0 saturated carbocycles. The Hall–Kier alpha value is -1.48. The zero-order valence-electron chi connectivity index (χ0n) is 10.9. The van der Waals surface area contributed by atoms with Gasteiger partial charge in [0.05, 0.1) is 24.0 Å². The number of esters is 1. The Kier molecular flexibility index (Phi) is 5.63. The van der Waals surface area contributed by atoms with Crippen molar-refractivity contribution in [3.63, 3.8) is 0 Å². The molecule has 4 N–H and O–H groups in total. The molecule has 0 aliphatic carbocycles. The van der Waals surface area contributed by atoms with Crippen LogP contribution in [0.5, 0.6) is 0 Å². The van der Waals surface area contributed by atoms with Gasteiger partial charge in [0.15, 0.2) is 0 Å². The third kappa shape index (κ3) is 4.57. The summed E-state index contributed by atoms with van der Waals surface area (Å²) in [5, 5.41) is 24.5. The highest BCUT2D eigenvalue weighted by molar-refractivity contribution is 7.89. The van der Waals surface area contributed by atoms with Gasteiger partial charge >= 0.3 is 5.97 Å². The molecule has 8 heteroatoms. The minimum absolute atomic E-state index is 0.103. The zero-order valence-corrected chi connectivity index (χ0v) is 11.7. The second-order valence-corrected chi connectivity index (χ2v) is 5.70. The SMILES string of the molecule is CCOC(=O)CC(O)C(O)c1ccc(S(N)(=O)=O)cc1. The van der Waals surface area contributed by atoms with Crippen molar-refractivity contribution in [2.24, 2.45) is 5.14 Å². The minimum Gasteiger partial charge on any atom is -0.466 e. The summed E-state index contributed by atoms with van der Waals surface area (Å²) in [4.78, 5) is 11.1. The summed E-state index contributed by atoms with van der Waals surface area (Å²) in [7, 11) is -3.81. The maximum Gasteiger partial charge on any atom is 0.308 e. The third-order valence-electron chi connectivity index (χ3n) is 2.60. The van der Waals surface area contributed by atoms with E-state index in [0.29, 0.717) is 0 Å². The standard InChI is InChI=1S/C12H17NO6S/c1-2-19-11(15)7-10(14)12(16)8-3-5-9(6-4-8)20(13,17)18/h3-6,10,12,14,16H,2,7H2,1H3,(H2,13,17,18). The molecule has 0 amide bonds. The maximum atomic E-state index is 11.2. The number of primary sulfonamides is 1. The van der Waals surface area contributed by atoms with Crippen LogP contribution < -0.4 is 5.14 Å². The molecule has 0 spiro atoms. The number of carbonyl (C=O) groups is 1. The number of hydrogen-bond acceptors (Lipinski definition) is 6. The number of aliphatic hydroxyl groups excluding tert-OH is 2. The Morgan fingerprint density at radius 1 is 1.30 bits per heavy atom. The van der Waals surface area contributed by atoms with E-state index in [9.17, 15) is 23.4 Å². The number of aliphatic hydroxyl groups is 2. The largest absolute Gasteiger partial charge is 0.466 e. The lowest BCUT2D eigenvalue weighted by Gasteiger charge is -2.17. The summed E-state index contributed by atoms with van der Waals surface area (Å²) >= 11 is 0. The van der Waals surface area contributed by atoms with Gasteiger partial charge in [-0.25, -0.2) is 13.6 Å². The highest BCUT2D eigenvalue weighted by Crippen LogP contribution is 2.20. The first-order chi connectivity index (χ1) is 9.25. The highest BCUT2D eigenvalue weighted by Gasteiger charge is 2.22. The number of hydrogen-bond donors (Lipinski definition) is 3. The number of benzene rings is 1. The monoisotopic (exact) mass is 303 g/mol. The predicted molar refractivity (Wildman–Crippen MR) is 70.0 cm³/mol. The van der Waals surface area contributed by atoms with Crippen molar-refractivity contribution >= 4 is 16.0 Å². The summed E-state index contributed by atoms with van der Waals surface area (Å²) in [5.74, 6) is -0.625. The van der Waals surface area contributed by atoms with E-state index in [4.69, 9.17) is 5.14 Å². The molecule has 0 bridgehead atoms. The van der Waals surface area contributed by atoms with Crippen molar-refractivity contribution in [3.8, 4) is 0 Å². The fraction of sp³-hybridized carbons (Fsp3) is 0.417. The van der Waals surface area contributed by atoms with Crippen molar-refractivity contribution in [1.82, 2.24) is 0 Å². The Morgan fingerprint density at radius 2 is 1.85 bits per heavy atom. The second kappa shape index (κ2) is 6.80. The van der Waals surface area contributed by atoms with Crippen LogP contribution in [-0.2, 0) is 19.6 Å². The van der Waals surface area contributed by atoms with Crippen molar-refractivity contribution in [3.05, 3.63) is 29.8 Å². The molecule has 1 aromatic carbocycles. The van der Waals surface area contributed by atoms with Crippen molar-refractivity contribution in [2.75, 3.05) is 6.61 Å². The molecule has 7 nitrogen and oxygen atoms in total. The van der Waals surface area contributed by atoms with E-state index in [1.54, 1.807) is 6.92 Å². The lowest BCUT2D eigenvalue weighted by molar-refractivity contribution is -0.147. The molecule has 0 radical (unpaired) electrons. The fourth-order valence-corrected chi connectivity index (χ4v) is 2.09. The van der Waals surface area contributed by atoms with E-state index in [2.05, 4.69) is 4.74 Å². The molecule has 0 fully saturated rings. The van der Waals surface area contributed by atoms with Crippen LogP contribution in [0.4, 0.5) is 0 Å². The van der Waals surface area contributed by atoms with Gasteiger partial charge in [-0.05, 0) is 24.6 Å². The average Bonchev–Trinajstić information content (AvgIpc) is 2.37. The van der Waals surface area contributed by atoms with Gasteiger partial charge in [-0.1, -0.05) is 12.1 Å². The number of rotatable bonds is 6. The molecule has 1 rings (SSSR count). The van der Waals surface area contributed by atoms with Gasteiger partial charge in [-0.2, -0.15) is 0 Å². The smallest absolute Gasteiger partial charge is 0.308 e. The average molecular weight is 303 g/mol. The zero-order chi connectivity index (χ0) is 15.3. The van der Waals surface area contributed by atoms with Gasteiger partial charge in [0.25, 0.3) is 0 Å². The fourth-order valence-electron chi connectivity index (χ4n) is 1.58. The first kappa shape index (κ1) is 16.6. The van der Waals surface area contributed by atoms with Crippen LogP contribution in [0.15, 0.2) is 29.2 Å². The molecule has 2 atom stereocenters. The quantitative estimate of drug-likeness (QED) is 0.618. The van der Waals surface area contributed by atoms with Gasteiger partial charge < -0.3 is 14.9 Å². The van der Waals surface area contributed by atoms with Crippen LogP contribution in [0, 0.1) is 0 Å². The number of nitrogens with two attached hydrogens (primary N) is 1. The van der Waals surface area contributed by atoms with Gasteiger partial charge in [0.2, 0.25) is 10.0 Å². The van der Waals surface area contributed by atoms with Crippen LogP contribution in [0.25, 0.3) is 0 Å². The topological polar surface area (TPSA) is 127 Å². The van der Waals surface area contributed by atoms with Crippen molar-refractivity contribution in [2.45, 2.75) is 30.4 Å². The minimum atomic E-state index is -3.81. The molecule has 0 aliphatic rings. The van der Waals surface area contributed by atoms with Crippen LogP contribution in [-0.4, -0.2) is 37.3 Å². The summed E-state index contributed by atoms with van der Waals surface area (Å²) in [6.45, 7) is 1.82. The number of carbonyl (C=O) groups excluding carboxylic acids is 1. The van der Waals surface area contributed by atoms with E-state index < -0.39 is 28.2 Å². The first-order valence-electron chi connectivity index (χ1n) is 5.90. The lowest BCUT2D eigenvalue weighted by atomic mass is 10.0. The Balaban J connectivity index is 2.77. The first-order valence-corrected chi connectivity index (χ1v) is 7.45. The Bertz CT molecular complexity index is 554. The molecule has 112 valence electrons. The van der Waals surface area contributed by atoms with E-state index >= 15 is 0 Å². The molecular weight excluding hydrogens is 286 g/mol.